The van der Waals surface area contributed by atoms with Gasteiger partial charge in [0.25, 0.3) is 5.69 Å². The fourth-order valence-electron chi connectivity index (χ4n) is 1.88. The van der Waals surface area contributed by atoms with Crippen molar-refractivity contribution in [3.05, 3.63) is 68.2 Å². The van der Waals surface area contributed by atoms with Crippen molar-refractivity contribution in [1.82, 2.24) is 0 Å². The lowest BCUT2D eigenvalue weighted by Gasteiger charge is -2.14. The zero-order valence-electron chi connectivity index (χ0n) is 11.3. The lowest BCUT2D eigenvalue weighted by Crippen LogP contribution is -2.02. The number of nitro benzene ring substituents is 1. The Hall–Kier alpha value is -1.92. The number of hydrogen-bond donors (Lipinski definition) is 1. The van der Waals surface area contributed by atoms with Gasteiger partial charge in [-0.1, -0.05) is 34.1 Å². The van der Waals surface area contributed by atoms with Gasteiger partial charge in [-0.15, -0.1) is 0 Å². The molecule has 1 atom stereocenters. The van der Waals surface area contributed by atoms with E-state index in [4.69, 9.17) is 4.74 Å². The van der Waals surface area contributed by atoms with E-state index in [0.29, 0.717) is 17.9 Å². The number of ether oxygens (including phenoxy) is 1. The topological polar surface area (TPSA) is 72.6 Å². The first-order valence-corrected chi connectivity index (χ1v) is 7.11. The van der Waals surface area contributed by atoms with Crippen molar-refractivity contribution in [1.29, 1.82) is 0 Å². The monoisotopic (exact) mass is 351 g/mol. The molecule has 0 radical (unpaired) electrons. The Balaban J connectivity index is 2.23. The average molecular weight is 352 g/mol. The number of non-ortho nitro benzene ring substituents is 1. The first-order valence-electron chi connectivity index (χ1n) is 6.31. The van der Waals surface area contributed by atoms with E-state index < -0.39 is 11.0 Å². The second-order valence-corrected chi connectivity index (χ2v) is 5.39. The minimum Gasteiger partial charge on any atom is -0.488 e. The molecule has 2 rings (SSSR count). The highest BCUT2D eigenvalue weighted by Gasteiger charge is 2.15. The van der Waals surface area contributed by atoms with Gasteiger partial charge in [-0.25, -0.2) is 0 Å². The molecule has 2 aromatic carbocycles. The molecule has 0 saturated carbocycles. The molecule has 0 aliphatic carbocycles. The van der Waals surface area contributed by atoms with E-state index >= 15 is 0 Å². The van der Waals surface area contributed by atoms with Crippen LogP contribution in [-0.4, -0.2) is 10.0 Å². The largest absolute Gasteiger partial charge is 0.488 e. The molecule has 2 aromatic rings. The van der Waals surface area contributed by atoms with Gasteiger partial charge in [0.05, 0.1) is 11.0 Å². The Morgan fingerprint density at radius 2 is 2.05 bits per heavy atom. The molecule has 5 nitrogen and oxygen atoms in total. The zero-order valence-corrected chi connectivity index (χ0v) is 12.9. The standard InChI is InChI=1S/C15H14BrNO4/c1-10(18)13-8-12(17(19)20)6-7-15(13)21-9-11-4-2-3-5-14(11)16/h2-8,10,18H,9H2,1H3. The van der Waals surface area contributed by atoms with Crippen molar-refractivity contribution in [2.24, 2.45) is 0 Å². The summed E-state index contributed by atoms with van der Waals surface area (Å²) in [7, 11) is 0. The lowest BCUT2D eigenvalue weighted by molar-refractivity contribution is -0.385. The van der Waals surface area contributed by atoms with Crippen LogP contribution < -0.4 is 4.74 Å². The molecular formula is C15H14BrNO4. The van der Waals surface area contributed by atoms with Crippen LogP contribution in [0.3, 0.4) is 0 Å². The highest BCUT2D eigenvalue weighted by atomic mass is 79.9. The van der Waals surface area contributed by atoms with Crippen LogP contribution in [0.25, 0.3) is 0 Å². The van der Waals surface area contributed by atoms with Crippen LogP contribution in [0.15, 0.2) is 46.9 Å². The molecule has 110 valence electrons. The Kier molecular flexibility index (Phi) is 4.93. The number of hydrogen-bond acceptors (Lipinski definition) is 4. The summed E-state index contributed by atoms with van der Waals surface area (Å²) in [5.74, 6) is 0.436. The van der Waals surface area contributed by atoms with Gasteiger partial charge in [0.1, 0.15) is 12.4 Å². The minimum atomic E-state index is -0.848. The predicted molar refractivity (Wildman–Crippen MR) is 82.2 cm³/mol. The number of rotatable bonds is 5. The van der Waals surface area contributed by atoms with Crippen molar-refractivity contribution >= 4 is 21.6 Å². The number of benzene rings is 2. The molecule has 0 bridgehead atoms. The Labute approximate surface area is 130 Å². The molecule has 0 saturated heterocycles. The van der Waals surface area contributed by atoms with Crippen LogP contribution in [0, 0.1) is 10.1 Å². The molecule has 6 heteroatoms. The summed E-state index contributed by atoms with van der Waals surface area (Å²) in [6, 6.07) is 11.8. The van der Waals surface area contributed by atoms with Gasteiger partial charge in [0.15, 0.2) is 0 Å². The van der Waals surface area contributed by atoms with Gasteiger partial charge in [-0.2, -0.15) is 0 Å². The molecule has 0 fully saturated rings. The van der Waals surface area contributed by atoms with Crippen LogP contribution in [0.1, 0.15) is 24.2 Å². The molecule has 1 N–H and O–H groups in total. The van der Waals surface area contributed by atoms with E-state index in [0.717, 1.165) is 10.0 Å². The number of nitro groups is 1. The van der Waals surface area contributed by atoms with Crippen molar-refractivity contribution in [3.8, 4) is 5.75 Å². The summed E-state index contributed by atoms with van der Waals surface area (Å²) >= 11 is 3.43. The van der Waals surface area contributed by atoms with E-state index in [9.17, 15) is 15.2 Å². The van der Waals surface area contributed by atoms with E-state index in [1.54, 1.807) is 6.92 Å². The fourth-order valence-corrected chi connectivity index (χ4v) is 2.28. The number of nitrogens with zero attached hydrogens (tertiary/aromatic N) is 1. The summed E-state index contributed by atoms with van der Waals surface area (Å²) in [5, 5.41) is 20.5. The minimum absolute atomic E-state index is 0.0702. The van der Waals surface area contributed by atoms with Crippen LogP contribution in [0.4, 0.5) is 5.69 Å². The average Bonchev–Trinajstić information content (AvgIpc) is 2.46. The maximum absolute atomic E-state index is 10.8. The molecule has 1 unspecified atom stereocenters. The summed E-state index contributed by atoms with van der Waals surface area (Å²) in [6.07, 6.45) is -0.848. The Morgan fingerprint density at radius 3 is 2.67 bits per heavy atom. The van der Waals surface area contributed by atoms with Crippen LogP contribution >= 0.6 is 15.9 Å². The third-order valence-corrected chi connectivity index (χ3v) is 3.77. The molecule has 21 heavy (non-hydrogen) atoms. The smallest absolute Gasteiger partial charge is 0.270 e. The van der Waals surface area contributed by atoms with Crippen molar-refractivity contribution in [2.45, 2.75) is 19.6 Å². The summed E-state index contributed by atoms with van der Waals surface area (Å²) in [6.45, 7) is 1.85. The highest BCUT2D eigenvalue weighted by Crippen LogP contribution is 2.30. The SMILES string of the molecule is CC(O)c1cc([N+](=O)[O-])ccc1OCc1ccccc1Br. The van der Waals surface area contributed by atoms with Gasteiger partial charge in [0.2, 0.25) is 0 Å². The number of aliphatic hydroxyl groups excluding tert-OH is 1. The summed E-state index contributed by atoms with van der Waals surface area (Å²) in [5.41, 5.74) is 1.28. The van der Waals surface area contributed by atoms with E-state index in [1.165, 1.54) is 18.2 Å². The van der Waals surface area contributed by atoms with Crippen LogP contribution in [-0.2, 0) is 6.61 Å². The normalized spacial score (nSPS) is 12.0. The van der Waals surface area contributed by atoms with Gasteiger partial charge in [-0.05, 0) is 19.1 Å². The molecular weight excluding hydrogens is 338 g/mol. The molecule has 0 aromatic heterocycles. The molecule has 0 heterocycles. The number of halogens is 1. The van der Waals surface area contributed by atoms with Gasteiger partial charge < -0.3 is 9.84 Å². The lowest BCUT2D eigenvalue weighted by atomic mass is 10.1. The zero-order chi connectivity index (χ0) is 15.4. The molecule has 0 amide bonds. The van der Waals surface area contributed by atoms with Crippen LogP contribution in [0.5, 0.6) is 5.75 Å². The molecule has 0 spiro atoms. The van der Waals surface area contributed by atoms with Gasteiger partial charge in [-0.3, -0.25) is 10.1 Å². The van der Waals surface area contributed by atoms with Crippen molar-refractivity contribution in [3.63, 3.8) is 0 Å². The summed E-state index contributed by atoms with van der Waals surface area (Å²) < 4.78 is 6.61. The fraction of sp³-hybridized carbons (Fsp3) is 0.200. The third-order valence-electron chi connectivity index (χ3n) is 3.00. The Morgan fingerprint density at radius 1 is 1.33 bits per heavy atom. The van der Waals surface area contributed by atoms with Crippen molar-refractivity contribution in [2.75, 3.05) is 0 Å². The summed E-state index contributed by atoms with van der Waals surface area (Å²) in [4.78, 5) is 10.3. The highest BCUT2D eigenvalue weighted by molar-refractivity contribution is 9.10. The van der Waals surface area contributed by atoms with Gasteiger partial charge in [0, 0.05) is 27.7 Å². The molecule has 0 aliphatic rings. The van der Waals surface area contributed by atoms with Crippen molar-refractivity contribution < 1.29 is 14.8 Å². The first-order chi connectivity index (χ1) is 9.99. The van der Waals surface area contributed by atoms with E-state index in [2.05, 4.69) is 15.9 Å². The second kappa shape index (κ2) is 6.69. The van der Waals surface area contributed by atoms with E-state index in [1.807, 2.05) is 24.3 Å². The van der Waals surface area contributed by atoms with E-state index in [-0.39, 0.29) is 5.69 Å². The predicted octanol–water partition coefficient (Wildman–Crippen LogP) is 3.99. The maximum atomic E-state index is 10.8. The third kappa shape index (κ3) is 3.80. The van der Waals surface area contributed by atoms with Gasteiger partial charge >= 0.3 is 0 Å². The van der Waals surface area contributed by atoms with Crippen LogP contribution in [0.2, 0.25) is 0 Å². The second-order valence-electron chi connectivity index (χ2n) is 4.54. The number of aliphatic hydroxyl groups is 1. The first kappa shape index (κ1) is 15.5. The quantitative estimate of drug-likeness (QED) is 0.652. The molecule has 0 aliphatic heterocycles. The maximum Gasteiger partial charge on any atom is 0.270 e. The Bertz CT molecular complexity index is 658.